The van der Waals surface area contributed by atoms with Crippen molar-refractivity contribution < 1.29 is 9.90 Å². The van der Waals surface area contributed by atoms with E-state index in [1.807, 2.05) is 0 Å². The second kappa shape index (κ2) is 6.37. The maximum Gasteiger partial charge on any atom is 0.303 e. The molecule has 0 aromatic carbocycles. The summed E-state index contributed by atoms with van der Waals surface area (Å²) in [6, 6.07) is 0. The minimum atomic E-state index is -0.767. The van der Waals surface area contributed by atoms with Gasteiger partial charge in [0.2, 0.25) is 0 Å². The van der Waals surface area contributed by atoms with Crippen LogP contribution in [0.3, 0.4) is 0 Å². The van der Waals surface area contributed by atoms with Crippen LogP contribution in [-0.2, 0) is 11.2 Å². The fourth-order valence-electron chi connectivity index (χ4n) is 1.10. The van der Waals surface area contributed by atoms with E-state index in [2.05, 4.69) is 11.6 Å². The number of hydrogen-bond acceptors (Lipinski definition) is 2. The zero-order chi connectivity index (χ0) is 9.68. The molecule has 0 atom stereocenters. The van der Waals surface area contributed by atoms with Gasteiger partial charge >= 0.3 is 5.97 Å². The van der Waals surface area contributed by atoms with Gasteiger partial charge < -0.3 is 9.67 Å². The third kappa shape index (κ3) is 3.74. The normalized spacial score (nSPS) is 9.14. The van der Waals surface area contributed by atoms with Gasteiger partial charge in [-0.05, 0) is 6.42 Å². The lowest BCUT2D eigenvalue weighted by Gasteiger charge is -1.99. The van der Waals surface area contributed by atoms with Gasteiger partial charge in [-0.3, -0.25) is 4.79 Å². The smallest absolute Gasteiger partial charge is 0.303 e. The average molecular weight is 261 g/mol. The first kappa shape index (κ1) is 12.9. The number of aromatic nitrogens is 2. The minimum Gasteiger partial charge on any atom is -0.481 e. The number of nitrogens with zero attached hydrogens (tertiary/aromatic N) is 2. The Morgan fingerprint density at radius 2 is 2.43 bits per heavy atom. The summed E-state index contributed by atoms with van der Waals surface area (Å²) in [5.41, 5.74) is 0. The highest BCUT2D eigenvalue weighted by atomic mass is 79.9. The molecule has 1 aromatic heterocycles. The van der Waals surface area contributed by atoms with E-state index in [0.29, 0.717) is 12.8 Å². The third-order valence-electron chi connectivity index (χ3n) is 1.74. The molecule has 1 aromatic rings. The molecule has 0 radical (unpaired) electrons. The molecular formula is C9H13BrN2O2. The predicted octanol–water partition coefficient (Wildman–Crippen LogP) is 1.97. The van der Waals surface area contributed by atoms with Crippen LogP contribution < -0.4 is 0 Å². The van der Waals surface area contributed by atoms with Crippen molar-refractivity contribution in [1.82, 2.24) is 9.55 Å². The highest BCUT2D eigenvalue weighted by Gasteiger charge is 2.01. The third-order valence-corrected chi connectivity index (χ3v) is 1.74. The molecule has 1 heterocycles. The zero-order valence-electron chi connectivity index (χ0n) is 7.72. The van der Waals surface area contributed by atoms with Crippen molar-refractivity contribution in [2.45, 2.75) is 19.3 Å². The van der Waals surface area contributed by atoms with Crippen molar-refractivity contribution in [3.05, 3.63) is 24.8 Å². The highest BCUT2D eigenvalue weighted by molar-refractivity contribution is 8.93. The van der Waals surface area contributed by atoms with Crippen LogP contribution in [0.4, 0.5) is 0 Å². The van der Waals surface area contributed by atoms with Gasteiger partial charge in [0.1, 0.15) is 5.82 Å². The Morgan fingerprint density at radius 3 is 3.00 bits per heavy atom. The highest BCUT2D eigenvalue weighted by Crippen LogP contribution is 2.03. The molecule has 0 fully saturated rings. The Morgan fingerprint density at radius 1 is 1.71 bits per heavy atom. The number of halogens is 1. The molecule has 4 nitrogen and oxygen atoms in total. The van der Waals surface area contributed by atoms with Crippen molar-refractivity contribution in [2.24, 2.45) is 0 Å². The molecule has 0 aliphatic rings. The van der Waals surface area contributed by atoms with Crippen LogP contribution in [0.25, 0.3) is 6.20 Å². The van der Waals surface area contributed by atoms with E-state index in [9.17, 15) is 4.79 Å². The van der Waals surface area contributed by atoms with E-state index < -0.39 is 5.97 Å². The fourth-order valence-corrected chi connectivity index (χ4v) is 1.10. The van der Waals surface area contributed by atoms with Crippen LogP contribution in [0.2, 0.25) is 0 Å². The number of rotatable bonds is 5. The van der Waals surface area contributed by atoms with Gasteiger partial charge in [-0.25, -0.2) is 4.98 Å². The lowest BCUT2D eigenvalue weighted by Crippen LogP contribution is -1.99. The van der Waals surface area contributed by atoms with Gasteiger partial charge in [-0.15, -0.1) is 17.0 Å². The van der Waals surface area contributed by atoms with Crippen LogP contribution in [0, 0.1) is 0 Å². The number of hydrogen-bond donors (Lipinski definition) is 1. The molecule has 0 aliphatic carbocycles. The van der Waals surface area contributed by atoms with Crippen molar-refractivity contribution in [2.75, 3.05) is 0 Å². The van der Waals surface area contributed by atoms with E-state index >= 15 is 0 Å². The molecule has 1 N–H and O–H groups in total. The Bertz CT molecular complexity index is 310. The average Bonchev–Trinajstić information content (AvgIpc) is 2.51. The molecule has 1 rings (SSSR count). The predicted molar refractivity (Wildman–Crippen MR) is 59.5 cm³/mol. The summed E-state index contributed by atoms with van der Waals surface area (Å²) in [7, 11) is 0. The molecule has 78 valence electrons. The Hall–Kier alpha value is -1.10. The number of carbonyl (C=O) groups is 1. The molecule has 0 saturated carbocycles. The van der Waals surface area contributed by atoms with Gasteiger partial charge in [0.15, 0.2) is 0 Å². The van der Waals surface area contributed by atoms with Crippen molar-refractivity contribution in [3.63, 3.8) is 0 Å². The van der Waals surface area contributed by atoms with Crippen LogP contribution in [-0.4, -0.2) is 20.6 Å². The summed E-state index contributed by atoms with van der Waals surface area (Å²) < 4.78 is 1.79. The van der Waals surface area contributed by atoms with Crippen molar-refractivity contribution in [1.29, 1.82) is 0 Å². The van der Waals surface area contributed by atoms with Crippen LogP contribution in [0.15, 0.2) is 19.0 Å². The number of carboxylic acids is 1. The summed E-state index contributed by atoms with van der Waals surface area (Å²) in [6.45, 7) is 3.61. The van der Waals surface area contributed by atoms with Crippen LogP contribution >= 0.6 is 17.0 Å². The van der Waals surface area contributed by atoms with E-state index in [0.717, 1.165) is 5.82 Å². The maximum atomic E-state index is 10.2. The molecule has 0 saturated heterocycles. The number of aliphatic carboxylic acids is 1. The molecule has 14 heavy (non-hydrogen) atoms. The Kier molecular flexibility index (Phi) is 5.87. The summed E-state index contributed by atoms with van der Waals surface area (Å²) in [5.74, 6) is 0.0907. The number of imidazole rings is 1. The van der Waals surface area contributed by atoms with Crippen molar-refractivity contribution >= 4 is 29.2 Å². The van der Waals surface area contributed by atoms with Gasteiger partial charge in [-0.1, -0.05) is 6.58 Å². The molecule has 0 amide bonds. The fraction of sp³-hybridized carbons (Fsp3) is 0.333. The molecule has 0 bridgehead atoms. The zero-order valence-corrected chi connectivity index (χ0v) is 9.43. The van der Waals surface area contributed by atoms with E-state index in [1.165, 1.54) is 0 Å². The SMILES string of the molecule is Br.C=Cn1ccnc1CCCC(=O)O. The van der Waals surface area contributed by atoms with Crippen LogP contribution in [0.1, 0.15) is 18.7 Å². The van der Waals surface area contributed by atoms with Crippen molar-refractivity contribution in [3.8, 4) is 0 Å². The van der Waals surface area contributed by atoms with Crippen LogP contribution in [0.5, 0.6) is 0 Å². The topological polar surface area (TPSA) is 55.1 Å². The lowest BCUT2D eigenvalue weighted by molar-refractivity contribution is -0.137. The molecule has 0 aliphatic heterocycles. The summed E-state index contributed by atoms with van der Waals surface area (Å²) in [6.07, 6.45) is 6.60. The molecule has 0 unspecified atom stereocenters. The summed E-state index contributed by atoms with van der Waals surface area (Å²) >= 11 is 0. The maximum absolute atomic E-state index is 10.2. The number of carboxylic acid groups (broad SMARTS) is 1. The lowest BCUT2D eigenvalue weighted by atomic mass is 10.2. The standard InChI is InChI=1S/C9H12N2O2.BrH/c1-2-11-7-6-10-8(11)4-3-5-9(12)13;/h2,6-7H,1,3-5H2,(H,12,13);1H. The summed E-state index contributed by atoms with van der Waals surface area (Å²) in [4.78, 5) is 14.3. The first-order valence-electron chi connectivity index (χ1n) is 4.10. The van der Waals surface area contributed by atoms with Gasteiger partial charge in [0.05, 0.1) is 0 Å². The van der Waals surface area contributed by atoms with E-state index in [1.54, 1.807) is 23.2 Å². The quantitative estimate of drug-likeness (QED) is 0.881. The second-order valence-electron chi connectivity index (χ2n) is 2.68. The van der Waals surface area contributed by atoms with E-state index in [4.69, 9.17) is 5.11 Å². The second-order valence-corrected chi connectivity index (χ2v) is 2.68. The molecule has 0 spiro atoms. The minimum absolute atomic E-state index is 0. The van der Waals surface area contributed by atoms with Gasteiger partial charge in [-0.2, -0.15) is 0 Å². The summed E-state index contributed by atoms with van der Waals surface area (Å²) in [5, 5.41) is 8.42. The molecule has 5 heteroatoms. The van der Waals surface area contributed by atoms with Gasteiger partial charge in [0.25, 0.3) is 0 Å². The Labute approximate surface area is 93.0 Å². The monoisotopic (exact) mass is 260 g/mol. The Balaban J connectivity index is 0.00000169. The molecular weight excluding hydrogens is 248 g/mol. The first-order valence-corrected chi connectivity index (χ1v) is 4.10. The largest absolute Gasteiger partial charge is 0.481 e. The van der Waals surface area contributed by atoms with Gasteiger partial charge in [0, 0.05) is 31.4 Å². The first-order chi connectivity index (χ1) is 6.24. The number of aryl methyl sites for hydroxylation is 1. The van der Waals surface area contributed by atoms with E-state index in [-0.39, 0.29) is 23.4 Å².